The van der Waals surface area contributed by atoms with Gasteiger partial charge in [-0.25, -0.2) is 0 Å². The molecule has 0 aliphatic heterocycles. The minimum atomic E-state index is -0.162. The summed E-state index contributed by atoms with van der Waals surface area (Å²) < 4.78 is 2.13. The molecule has 3 aromatic rings. The molecule has 2 aromatic heterocycles. The summed E-state index contributed by atoms with van der Waals surface area (Å²) in [4.78, 5) is 37.9. The van der Waals surface area contributed by atoms with Crippen molar-refractivity contribution in [1.29, 1.82) is 0 Å². The first-order valence-electron chi connectivity index (χ1n) is 9.89. The van der Waals surface area contributed by atoms with E-state index in [1.165, 1.54) is 22.0 Å². The molecule has 4 rings (SSSR count). The van der Waals surface area contributed by atoms with Gasteiger partial charge in [-0.2, -0.15) is 0 Å². The van der Waals surface area contributed by atoms with E-state index < -0.39 is 0 Å². The fourth-order valence-corrected chi connectivity index (χ4v) is 4.93. The van der Waals surface area contributed by atoms with E-state index >= 15 is 0 Å². The molecule has 0 radical (unpaired) electrons. The minimum absolute atomic E-state index is 0.0201. The van der Waals surface area contributed by atoms with Gasteiger partial charge in [0.25, 0.3) is 11.5 Å². The summed E-state index contributed by atoms with van der Waals surface area (Å²) in [5, 5.41) is 3.10. The normalized spacial score (nSPS) is 18.3. The van der Waals surface area contributed by atoms with Gasteiger partial charge in [-0.15, -0.1) is 11.3 Å². The lowest BCUT2D eigenvalue weighted by molar-refractivity contribution is 0.0898. The summed E-state index contributed by atoms with van der Waals surface area (Å²) in [5.41, 5.74) is 1.11. The number of aromatic nitrogens is 1. The van der Waals surface area contributed by atoms with E-state index in [0.29, 0.717) is 26.9 Å². The second-order valence-electron chi connectivity index (χ2n) is 7.46. The Hall–Kier alpha value is -2.70. The van der Waals surface area contributed by atoms with Crippen LogP contribution in [0.15, 0.2) is 65.6 Å². The monoisotopic (exact) mass is 440 g/mol. The number of amides is 1. The average Bonchev–Trinajstić information content (AvgIpc) is 3.37. The molecule has 0 saturated heterocycles. The first kappa shape index (κ1) is 20.6. The fraction of sp³-hybridized carbons (Fsp3) is 0.261. The number of thiophene rings is 1. The Labute approximate surface area is 183 Å². The number of Topliss-reactive ketones (excluding diaryl/α,β-unsaturated/α-hetero) is 1. The van der Waals surface area contributed by atoms with Crippen LogP contribution in [0.1, 0.15) is 45.7 Å². The predicted molar refractivity (Wildman–Crippen MR) is 119 cm³/mol. The summed E-state index contributed by atoms with van der Waals surface area (Å²) in [7, 11) is 0. The highest BCUT2D eigenvalue weighted by Gasteiger charge is 2.31. The van der Waals surface area contributed by atoms with Crippen molar-refractivity contribution in [3.63, 3.8) is 0 Å². The van der Waals surface area contributed by atoms with Crippen LogP contribution >= 0.6 is 22.9 Å². The number of nitrogens with one attached hydrogen (secondary N) is 1. The van der Waals surface area contributed by atoms with Gasteiger partial charge in [-0.3, -0.25) is 19.0 Å². The van der Waals surface area contributed by atoms with Crippen molar-refractivity contribution in [3.8, 4) is 5.69 Å². The van der Waals surface area contributed by atoms with Crippen molar-refractivity contribution >= 4 is 34.6 Å². The van der Waals surface area contributed by atoms with Crippen LogP contribution < -0.4 is 10.9 Å². The molecule has 2 atom stereocenters. The SMILES string of the molecule is O=C(NC1CCCC1CC(=O)c1ccc(Cl)s1)c1ccc(-n2ccccc2=O)cc1. The number of carbonyl (C=O) groups is 2. The van der Waals surface area contributed by atoms with Crippen LogP contribution in [0.4, 0.5) is 0 Å². The highest BCUT2D eigenvalue weighted by Crippen LogP contribution is 2.31. The van der Waals surface area contributed by atoms with E-state index in [2.05, 4.69) is 5.32 Å². The molecular formula is C23H21ClN2O3S. The number of rotatable bonds is 6. The quantitative estimate of drug-likeness (QED) is 0.563. The lowest BCUT2D eigenvalue weighted by atomic mass is 9.96. The van der Waals surface area contributed by atoms with Crippen LogP contribution in [0.2, 0.25) is 4.34 Å². The lowest BCUT2D eigenvalue weighted by Gasteiger charge is -2.20. The Morgan fingerprint density at radius 2 is 1.87 bits per heavy atom. The van der Waals surface area contributed by atoms with Gasteiger partial charge >= 0.3 is 0 Å². The van der Waals surface area contributed by atoms with Crippen LogP contribution in [0.5, 0.6) is 0 Å². The molecule has 1 N–H and O–H groups in total. The zero-order valence-corrected chi connectivity index (χ0v) is 17.8. The van der Waals surface area contributed by atoms with E-state index in [-0.39, 0.29) is 29.2 Å². The molecule has 1 aromatic carbocycles. The number of halogens is 1. The molecule has 1 aliphatic carbocycles. The van der Waals surface area contributed by atoms with Gasteiger partial charge < -0.3 is 5.32 Å². The molecule has 1 amide bonds. The van der Waals surface area contributed by atoms with Gasteiger partial charge in [0.05, 0.1) is 9.21 Å². The molecule has 1 aliphatic rings. The first-order chi connectivity index (χ1) is 14.5. The minimum Gasteiger partial charge on any atom is -0.349 e. The van der Waals surface area contributed by atoms with Crippen molar-refractivity contribution in [3.05, 3.63) is 85.9 Å². The highest BCUT2D eigenvalue weighted by molar-refractivity contribution is 7.18. The van der Waals surface area contributed by atoms with Gasteiger partial charge in [0.15, 0.2) is 5.78 Å². The Morgan fingerprint density at radius 3 is 2.57 bits per heavy atom. The third kappa shape index (κ3) is 4.55. The van der Waals surface area contributed by atoms with Crippen molar-refractivity contribution in [1.82, 2.24) is 9.88 Å². The number of hydrogen-bond acceptors (Lipinski definition) is 4. The van der Waals surface area contributed by atoms with E-state index in [4.69, 9.17) is 11.6 Å². The van der Waals surface area contributed by atoms with Crippen LogP contribution in [-0.4, -0.2) is 22.3 Å². The summed E-state index contributed by atoms with van der Waals surface area (Å²) in [6.45, 7) is 0. The first-order valence-corrected chi connectivity index (χ1v) is 11.1. The molecule has 1 saturated carbocycles. The molecule has 0 spiro atoms. The Balaban J connectivity index is 1.41. The smallest absolute Gasteiger partial charge is 0.255 e. The lowest BCUT2D eigenvalue weighted by Crippen LogP contribution is -2.38. The molecule has 2 unspecified atom stereocenters. The molecule has 7 heteroatoms. The van der Waals surface area contributed by atoms with Crippen LogP contribution in [0.25, 0.3) is 5.69 Å². The molecule has 1 fully saturated rings. The maximum absolute atomic E-state index is 12.7. The van der Waals surface area contributed by atoms with Crippen LogP contribution in [0, 0.1) is 5.92 Å². The maximum atomic E-state index is 12.7. The Bertz CT molecular complexity index is 1120. The van der Waals surface area contributed by atoms with E-state index in [1.807, 2.05) is 0 Å². The van der Waals surface area contributed by atoms with Gasteiger partial charge in [0.1, 0.15) is 0 Å². The predicted octanol–water partition coefficient (Wildman–Crippen LogP) is 4.72. The largest absolute Gasteiger partial charge is 0.349 e. The van der Waals surface area contributed by atoms with Gasteiger partial charge in [-0.1, -0.05) is 24.1 Å². The zero-order valence-electron chi connectivity index (χ0n) is 16.2. The molecule has 0 bridgehead atoms. The average molecular weight is 441 g/mol. The molecule has 5 nitrogen and oxygen atoms in total. The molecular weight excluding hydrogens is 420 g/mol. The van der Waals surface area contributed by atoms with Crippen molar-refractivity contribution in [2.75, 3.05) is 0 Å². The number of benzene rings is 1. The molecule has 30 heavy (non-hydrogen) atoms. The van der Waals surface area contributed by atoms with Crippen molar-refractivity contribution < 1.29 is 9.59 Å². The van der Waals surface area contributed by atoms with E-state index in [0.717, 1.165) is 19.3 Å². The van der Waals surface area contributed by atoms with E-state index in [9.17, 15) is 14.4 Å². The molecule has 2 heterocycles. The van der Waals surface area contributed by atoms with Gasteiger partial charge in [0, 0.05) is 36.0 Å². The highest BCUT2D eigenvalue weighted by atomic mass is 35.5. The number of ketones is 1. The third-order valence-electron chi connectivity index (χ3n) is 5.50. The van der Waals surface area contributed by atoms with E-state index in [1.54, 1.807) is 54.7 Å². The standard InChI is InChI=1S/C23H21ClN2O3S/c24-21-12-11-20(30-21)19(27)14-16-4-3-5-18(16)25-23(29)15-7-9-17(10-8-15)26-13-2-1-6-22(26)28/h1-2,6-13,16,18H,3-5,14H2,(H,25,29). The second kappa shape index (κ2) is 8.98. The fourth-order valence-electron chi connectivity index (χ4n) is 3.94. The zero-order chi connectivity index (χ0) is 21.1. The number of pyridine rings is 1. The van der Waals surface area contributed by atoms with Crippen molar-refractivity contribution in [2.45, 2.75) is 31.7 Å². The van der Waals surface area contributed by atoms with Gasteiger partial charge in [-0.05, 0) is 61.2 Å². The topological polar surface area (TPSA) is 68.2 Å². The number of nitrogens with zero attached hydrogens (tertiary/aromatic N) is 1. The number of carbonyl (C=O) groups excluding carboxylic acids is 2. The Kier molecular flexibility index (Phi) is 6.16. The van der Waals surface area contributed by atoms with Crippen molar-refractivity contribution in [2.24, 2.45) is 5.92 Å². The van der Waals surface area contributed by atoms with Gasteiger partial charge in [0.2, 0.25) is 0 Å². The van der Waals surface area contributed by atoms with Crippen LogP contribution in [-0.2, 0) is 0 Å². The summed E-state index contributed by atoms with van der Waals surface area (Å²) in [6, 6.07) is 15.4. The maximum Gasteiger partial charge on any atom is 0.255 e. The third-order valence-corrected chi connectivity index (χ3v) is 6.77. The Morgan fingerprint density at radius 1 is 1.07 bits per heavy atom. The summed E-state index contributed by atoms with van der Waals surface area (Å²) >= 11 is 7.23. The number of hydrogen-bond donors (Lipinski definition) is 1. The summed E-state index contributed by atoms with van der Waals surface area (Å²) in [5.74, 6) is 0.0469. The second-order valence-corrected chi connectivity index (χ2v) is 9.17. The van der Waals surface area contributed by atoms with Crippen LogP contribution in [0.3, 0.4) is 0 Å². The summed E-state index contributed by atoms with van der Waals surface area (Å²) in [6.07, 6.45) is 4.89. The molecule has 154 valence electrons.